The van der Waals surface area contributed by atoms with Crippen LogP contribution >= 0.6 is 11.6 Å². The van der Waals surface area contributed by atoms with E-state index in [0.717, 1.165) is 11.3 Å². The number of halogens is 1. The van der Waals surface area contributed by atoms with E-state index in [0.29, 0.717) is 23.9 Å². The standard InChI is InChI=1S/C18H20ClNO3/c1-13-6-5-7-15(12-13)22-11-10-20-18(21)14(2)23-17-9-4-3-8-16(17)19/h3-9,12,14H,10-11H2,1-2H3,(H,20,21). The predicted molar refractivity (Wildman–Crippen MR) is 91.2 cm³/mol. The molecule has 23 heavy (non-hydrogen) atoms. The highest BCUT2D eigenvalue weighted by molar-refractivity contribution is 6.32. The number of benzene rings is 2. The summed E-state index contributed by atoms with van der Waals surface area (Å²) in [5.41, 5.74) is 1.13. The fraction of sp³-hybridized carbons (Fsp3) is 0.278. The number of aryl methyl sites for hydroxylation is 1. The third-order valence-electron chi connectivity index (χ3n) is 3.17. The minimum atomic E-state index is -0.631. The van der Waals surface area contributed by atoms with E-state index >= 15 is 0 Å². The Labute approximate surface area is 141 Å². The van der Waals surface area contributed by atoms with E-state index in [1.165, 1.54) is 0 Å². The summed E-state index contributed by atoms with van der Waals surface area (Å²) in [6.45, 7) is 4.49. The van der Waals surface area contributed by atoms with Crippen LogP contribution in [0.5, 0.6) is 11.5 Å². The number of carbonyl (C=O) groups excluding carboxylic acids is 1. The van der Waals surface area contributed by atoms with Crippen molar-refractivity contribution in [1.29, 1.82) is 0 Å². The first-order valence-corrected chi connectivity index (χ1v) is 7.82. The Balaban J connectivity index is 1.73. The van der Waals surface area contributed by atoms with Gasteiger partial charge in [0, 0.05) is 0 Å². The van der Waals surface area contributed by atoms with Crippen molar-refractivity contribution in [2.45, 2.75) is 20.0 Å². The smallest absolute Gasteiger partial charge is 0.260 e. The molecule has 0 aliphatic heterocycles. The highest BCUT2D eigenvalue weighted by atomic mass is 35.5. The van der Waals surface area contributed by atoms with Crippen LogP contribution in [0.3, 0.4) is 0 Å². The van der Waals surface area contributed by atoms with E-state index in [2.05, 4.69) is 5.32 Å². The number of hydrogen-bond donors (Lipinski definition) is 1. The molecule has 2 rings (SSSR count). The zero-order chi connectivity index (χ0) is 16.7. The average Bonchev–Trinajstić information content (AvgIpc) is 2.53. The molecule has 0 aliphatic carbocycles. The van der Waals surface area contributed by atoms with Crippen molar-refractivity contribution in [3.8, 4) is 11.5 Å². The third kappa shape index (κ3) is 5.49. The van der Waals surface area contributed by atoms with Gasteiger partial charge < -0.3 is 14.8 Å². The number of nitrogens with one attached hydrogen (secondary N) is 1. The van der Waals surface area contributed by atoms with Crippen molar-refractivity contribution < 1.29 is 14.3 Å². The van der Waals surface area contributed by atoms with E-state index in [4.69, 9.17) is 21.1 Å². The molecule has 0 spiro atoms. The molecule has 5 heteroatoms. The van der Waals surface area contributed by atoms with E-state index in [1.54, 1.807) is 19.1 Å². The zero-order valence-corrected chi connectivity index (χ0v) is 14.0. The van der Waals surface area contributed by atoms with Gasteiger partial charge in [0.05, 0.1) is 11.6 Å². The molecular formula is C18H20ClNO3. The average molecular weight is 334 g/mol. The summed E-state index contributed by atoms with van der Waals surface area (Å²) in [6.07, 6.45) is -0.631. The van der Waals surface area contributed by atoms with Gasteiger partial charge in [-0.15, -0.1) is 0 Å². The molecule has 2 aromatic carbocycles. The van der Waals surface area contributed by atoms with Crippen molar-refractivity contribution in [2.75, 3.05) is 13.2 Å². The van der Waals surface area contributed by atoms with Gasteiger partial charge in [-0.3, -0.25) is 4.79 Å². The second-order valence-electron chi connectivity index (χ2n) is 5.15. The van der Waals surface area contributed by atoms with Crippen molar-refractivity contribution in [3.05, 3.63) is 59.1 Å². The lowest BCUT2D eigenvalue weighted by atomic mass is 10.2. The van der Waals surface area contributed by atoms with Crippen LogP contribution in [0.15, 0.2) is 48.5 Å². The number of hydrogen-bond acceptors (Lipinski definition) is 3. The minimum absolute atomic E-state index is 0.210. The molecule has 0 aromatic heterocycles. The lowest BCUT2D eigenvalue weighted by Crippen LogP contribution is -2.38. The summed E-state index contributed by atoms with van der Waals surface area (Å²) in [5.74, 6) is 1.07. The van der Waals surface area contributed by atoms with Gasteiger partial charge in [0.25, 0.3) is 5.91 Å². The Kier molecular flexibility index (Phi) is 6.29. The van der Waals surface area contributed by atoms with Gasteiger partial charge in [-0.1, -0.05) is 35.9 Å². The van der Waals surface area contributed by atoms with Crippen LogP contribution in [0.25, 0.3) is 0 Å². The Morgan fingerprint density at radius 3 is 2.74 bits per heavy atom. The van der Waals surface area contributed by atoms with Gasteiger partial charge in [0.2, 0.25) is 0 Å². The lowest BCUT2D eigenvalue weighted by molar-refractivity contribution is -0.127. The van der Waals surface area contributed by atoms with Crippen LogP contribution in [-0.4, -0.2) is 25.2 Å². The van der Waals surface area contributed by atoms with E-state index in [-0.39, 0.29) is 5.91 Å². The Hall–Kier alpha value is -2.20. The molecule has 0 aliphatic rings. The first-order chi connectivity index (χ1) is 11.1. The lowest BCUT2D eigenvalue weighted by Gasteiger charge is -2.15. The maximum absolute atomic E-state index is 12.0. The molecule has 0 bridgehead atoms. The van der Waals surface area contributed by atoms with Gasteiger partial charge in [-0.2, -0.15) is 0 Å². The van der Waals surface area contributed by atoms with E-state index in [1.807, 2.05) is 43.3 Å². The molecule has 0 saturated heterocycles. The van der Waals surface area contributed by atoms with Crippen molar-refractivity contribution in [1.82, 2.24) is 5.32 Å². The van der Waals surface area contributed by atoms with Crippen LogP contribution in [0.2, 0.25) is 5.02 Å². The highest BCUT2D eigenvalue weighted by Crippen LogP contribution is 2.24. The molecule has 1 amide bonds. The molecule has 0 radical (unpaired) electrons. The fourth-order valence-corrected chi connectivity index (χ4v) is 2.16. The summed E-state index contributed by atoms with van der Waals surface area (Å²) in [4.78, 5) is 12.0. The normalized spacial score (nSPS) is 11.6. The first kappa shape index (κ1) is 17.2. The largest absolute Gasteiger partial charge is 0.492 e. The van der Waals surface area contributed by atoms with Crippen LogP contribution in [-0.2, 0) is 4.79 Å². The molecule has 4 nitrogen and oxygen atoms in total. The zero-order valence-electron chi connectivity index (χ0n) is 13.2. The van der Waals surface area contributed by atoms with Crippen molar-refractivity contribution >= 4 is 17.5 Å². The topological polar surface area (TPSA) is 47.6 Å². The maximum atomic E-state index is 12.0. The minimum Gasteiger partial charge on any atom is -0.492 e. The molecule has 122 valence electrons. The van der Waals surface area contributed by atoms with Gasteiger partial charge in [-0.05, 0) is 43.7 Å². The summed E-state index contributed by atoms with van der Waals surface area (Å²) >= 11 is 6.00. The molecule has 1 unspecified atom stereocenters. The van der Waals surface area contributed by atoms with Gasteiger partial charge in [0.1, 0.15) is 18.1 Å². The van der Waals surface area contributed by atoms with E-state index in [9.17, 15) is 4.79 Å². The number of rotatable bonds is 7. The van der Waals surface area contributed by atoms with Gasteiger partial charge in [-0.25, -0.2) is 0 Å². The van der Waals surface area contributed by atoms with Gasteiger partial charge >= 0.3 is 0 Å². The Morgan fingerprint density at radius 2 is 2.00 bits per heavy atom. The Bertz CT molecular complexity index is 660. The molecule has 1 atom stereocenters. The Morgan fingerprint density at radius 1 is 1.22 bits per heavy atom. The first-order valence-electron chi connectivity index (χ1n) is 7.44. The summed E-state index contributed by atoms with van der Waals surface area (Å²) < 4.78 is 11.1. The van der Waals surface area contributed by atoms with Crippen LogP contribution in [0.4, 0.5) is 0 Å². The van der Waals surface area contributed by atoms with Gasteiger partial charge in [0.15, 0.2) is 6.10 Å². The summed E-state index contributed by atoms with van der Waals surface area (Å²) in [7, 11) is 0. The predicted octanol–water partition coefficient (Wildman–Crippen LogP) is 3.61. The van der Waals surface area contributed by atoms with Crippen LogP contribution < -0.4 is 14.8 Å². The second kappa shape index (κ2) is 8.44. The van der Waals surface area contributed by atoms with Crippen LogP contribution in [0.1, 0.15) is 12.5 Å². The molecule has 0 saturated carbocycles. The number of carbonyl (C=O) groups is 1. The molecule has 0 heterocycles. The number of ether oxygens (including phenoxy) is 2. The molecular weight excluding hydrogens is 314 g/mol. The van der Waals surface area contributed by atoms with Crippen molar-refractivity contribution in [2.24, 2.45) is 0 Å². The fourth-order valence-electron chi connectivity index (χ4n) is 1.98. The molecule has 0 fully saturated rings. The second-order valence-corrected chi connectivity index (χ2v) is 5.55. The van der Waals surface area contributed by atoms with E-state index < -0.39 is 6.10 Å². The number of amides is 1. The molecule has 1 N–H and O–H groups in total. The van der Waals surface area contributed by atoms with Crippen LogP contribution in [0, 0.1) is 6.92 Å². The summed E-state index contributed by atoms with van der Waals surface area (Å²) in [6, 6.07) is 14.8. The monoisotopic (exact) mass is 333 g/mol. The molecule has 2 aromatic rings. The highest BCUT2D eigenvalue weighted by Gasteiger charge is 2.15. The summed E-state index contributed by atoms with van der Waals surface area (Å²) in [5, 5.41) is 3.26. The number of para-hydroxylation sites is 1. The quantitative estimate of drug-likeness (QED) is 0.787. The SMILES string of the molecule is Cc1cccc(OCCNC(=O)C(C)Oc2ccccc2Cl)c1. The van der Waals surface area contributed by atoms with Crippen molar-refractivity contribution in [3.63, 3.8) is 0 Å². The third-order valence-corrected chi connectivity index (χ3v) is 3.48. The maximum Gasteiger partial charge on any atom is 0.260 e.